The van der Waals surface area contributed by atoms with Gasteiger partial charge in [-0.15, -0.1) is 0 Å². The number of hydrogen-bond acceptors (Lipinski definition) is 5. The van der Waals surface area contributed by atoms with Crippen LogP contribution in [0.25, 0.3) is 0 Å². The fraction of sp³-hybridized carbons (Fsp3) is 0.417. The Balaban J connectivity index is 1.48. The number of rotatable bonds is 5. The second kappa shape index (κ2) is 9.05. The van der Waals surface area contributed by atoms with E-state index in [2.05, 4.69) is 36.9 Å². The number of amides is 3. The summed E-state index contributed by atoms with van der Waals surface area (Å²) in [6.45, 7) is 8.43. The van der Waals surface area contributed by atoms with Crippen molar-refractivity contribution in [1.82, 2.24) is 14.1 Å². The van der Waals surface area contributed by atoms with Crippen LogP contribution < -0.4 is 4.90 Å². The Labute approximate surface area is 195 Å². The molecule has 0 radical (unpaired) electrons. The Morgan fingerprint density at radius 2 is 1.67 bits per heavy atom. The smallest absolute Gasteiger partial charge is 0.334 e. The van der Waals surface area contributed by atoms with Gasteiger partial charge in [-0.25, -0.2) is 17.5 Å². The highest BCUT2D eigenvalue weighted by Crippen LogP contribution is 2.27. The van der Waals surface area contributed by atoms with E-state index < -0.39 is 22.1 Å². The number of aryl methyl sites for hydroxylation is 2. The predicted molar refractivity (Wildman–Crippen MR) is 127 cm³/mol. The summed E-state index contributed by atoms with van der Waals surface area (Å²) in [6.07, 6.45) is 0. The molecule has 2 heterocycles. The second-order valence-electron chi connectivity index (χ2n) is 8.54. The Morgan fingerprint density at radius 3 is 2.30 bits per heavy atom. The number of benzene rings is 2. The average molecular weight is 471 g/mol. The van der Waals surface area contributed by atoms with Crippen LogP contribution in [0, 0.1) is 13.8 Å². The third kappa shape index (κ3) is 4.29. The van der Waals surface area contributed by atoms with Gasteiger partial charge in [-0.2, -0.15) is 0 Å². The van der Waals surface area contributed by atoms with E-state index in [1.165, 1.54) is 33.8 Å². The van der Waals surface area contributed by atoms with Crippen LogP contribution >= 0.6 is 0 Å². The van der Waals surface area contributed by atoms with Crippen LogP contribution in [-0.4, -0.2) is 79.8 Å². The Hall–Kier alpha value is -3.07. The molecule has 1 unspecified atom stereocenters. The van der Waals surface area contributed by atoms with E-state index in [1.807, 2.05) is 0 Å². The van der Waals surface area contributed by atoms with Crippen molar-refractivity contribution in [3.8, 4) is 0 Å². The van der Waals surface area contributed by atoms with Crippen LogP contribution in [0.4, 0.5) is 10.5 Å². The maximum Gasteiger partial charge on any atom is 0.334 e. The van der Waals surface area contributed by atoms with E-state index in [4.69, 9.17) is 0 Å². The van der Waals surface area contributed by atoms with Gasteiger partial charge >= 0.3 is 6.03 Å². The molecule has 8 nitrogen and oxygen atoms in total. The van der Waals surface area contributed by atoms with E-state index in [1.54, 1.807) is 30.0 Å². The highest BCUT2D eigenvalue weighted by atomic mass is 32.2. The van der Waals surface area contributed by atoms with Crippen molar-refractivity contribution in [2.24, 2.45) is 0 Å². The van der Waals surface area contributed by atoms with Gasteiger partial charge in [-0.1, -0.05) is 30.3 Å². The molecule has 0 aromatic heterocycles. The Kier molecular flexibility index (Phi) is 6.34. The summed E-state index contributed by atoms with van der Waals surface area (Å²) < 4.78 is 26.9. The van der Waals surface area contributed by atoms with Crippen LogP contribution in [-0.2, 0) is 14.8 Å². The number of carbonyl (C=O) groups is 2. The highest BCUT2D eigenvalue weighted by Gasteiger charge is 2.47. The third-order valence-electron chi connectivity index (χ3n) is 6.43. The van der Waals surface area contributed by atoms with E-state index in [9.17, 15) is 18.0 Å². The molecule has 0 saturated carbocycles. The Morgan fingerprint density at radius 1 is 1.00 bits per heavy atom. The molecule has 33 heavy (non-hydrogen) atoms. The summed E-state index contributed by atoms with van der Waals surface area (Å²) in [5, 5.41) is 0. The molecule has 2 fully saturated rings. The van der Waals surface area contributed by atoms with Gasteiger partial charge in [0.1, 0.15) is 6.04 Å². The van der Waals surface area contributed by atoms with Gasteiger partial charge in [0.2, 0.25) is 5.91 Å². The molecule has 4 rings (SSSR count). The number of piperazine rings is 1. The SMILES string of the molecule is CCN1C(=O)N(S(=O)(=O)c2ccccc2)CC1C(=O)N1CCN(c2cc(C)ccc2C)CC1. The molecule has 2 aromatic carbocycles. The summed E-state index contributed by atoms with van der Waals surface area (Å²) in [6, 6.07) is 12.8. The van der Waals surface area contributed by atoms with Crippen molar-refractivity contribution in [3.05, 3.63) is 59.7 Å². The molecule has 0 bridgehead atoms. The first-order valence-corrected chi connectivity index (χ1v) is 12.7. The molecule has 1 atom stereocenters. The molecule has 0 N–H and O–H groups in total. The lowest BCUT2D eigenvalue weighted by molar-refractivity contribution is -0.135. The lowest BCUT2D eigenvalue weighted by atomic mass is 10.1. The standard InChI is InChI=1S/C24H30N4O4S/c1-4-27-22(17-28(24(27)30)33(31,32)20-8-6-5-7-9-20)23(29)26-14-12-25(13-15-26)21-16-18(2)10-11-19(21)3/h5-11,16,22H,4,12-15,17H2,1-3H3. The highest BCUT2D eigenvalue weighted by molar-refractivity contribution is 7.89. The van der Waals surface area contributed by atoms with E-state index >= 15 is 0 Å². The number of sulfonamides is 1. The average Bonchev–Trinajstić information content (AvgIpc) is 3.17. The number of urea groups is 1. The summed E-state index contributed by atoms with van der Waals surface area (Å²) in [5.41, 5.74) is 3.56. The first-order chi connectivity index (χ1) is 15.7. The van der Waals surface area contributed by atoms with Crippen LogP contribution in [0.5, 0.6) is 0 Å². The number of anilines is 1. The number of carbonyl (C=O) groups excluding carboxylic acids is 2. The lowest BCUT2D eigenvalue weighted by Gasteiger charge is -2.38. The molecule has 176 valence electrons. The van der Waals surface area contributed by atoms with Crippen molar-refractivity contribution in [2.45, 2.75) is 31.7 Å². The molecule has 2 aliphatic rings. The van der Waals surface area contributed by atoms with Crippen LogP contribution in [0.1, 0.15) is 18.1 Å². The second-order valence-corrected chi connectivity index (χ2v) is 10.4. The zero-order chi connectivity index (χ0) is 23.8. The van der Waals surface area contributed by atoms with Gasteiger partial charge in [0.15, 0.2) is 0 Å². The van der Waals surface area contributed by atoms with Gasteiger partial charge in [-0.3, -0.25) is 4.79 Å². The normalized spacial score (nSPS) is 19.4. The number of hydrogen-bond donors (Lipinski definition) is 0. The van der Waals surface area contributed by atoms with Gasteiger partial charge < -0.3 is 14.7 Å². The molecule has 2 aromatic rings. The van der Waals surface area contributed by atoms with Gasteiger partial charge in [0.05, 0.1) is 11.4 Å². The molecule has 9 heteroatoms. The molecule has 0 spiro atoms. The van der Waals surface area contributed by atoms with E-state index in [0.29, 0.717) is 26.2 Å². The fourth-order valence-electron chi connectivity index (χ4n) is 4.54. The third-order valence-corrected chi connectivity index (χ3v) is 8.18. The summed E-state index contributed by atoms with van der Waals surface area (Å²) in [7, 11) is -4.02. The maximum absolute atomic E-state index is 13.4. The number of likely N-dealkylation sites (N-methyl/N-ethyl adjacent to an activating group) is 1. The molecular formula is C24H30N4O4S. The van der Waals surface area contributed by atoms with Gasteiger partial charge in [0.25, 0.3) is 10.0 Å². The molecule has 3 amide bonds. The molecule has 2 saturated heterocycles. The molecule has 2 aliphatic heterocycles. The summed E-state index contributed by atoms with van der Waals surface area (Å²) in [5.74, 6) is -0.198. The topological polar surface area (TPSA) is 81.2 Å². The first-order valence-electron chi connectivity index (χ1n) is 11.2. The zero-order valence-electron chi connectivity index (χ0n) is 19.3. The van der Waals surface area contributed by atoms with Crippen molar-refractivity contribution in [2.75, 3.05) is 44.2 Å². The van der Waals surface area contributed by atoms with Crippen LogP contribution in [0.15, 0.2) is 53.4 Å². The fourth-order valence-corrected chi connectivity index (χ4v) is 5.94. The van der Waals surface area contributed by atoms with Gasteiger partial charge in [0, 0.05) is 38.4 Å². The van der Waals surface area contributed by atoms with Crippen LogP contribution in [0.2, 0.25) is 0 Å². The van der Waals surface area contributed by atoms with Gasteiger partial charge in [-0.05, 0) is 50.1 Å². The van der Waals surface area contributed by atoms with E-state index in [0.717, 1.165) is 4.31 Å². The predicted octanol–water partition coefficient (Wildman–Crippen LogP) is 2.47. The monoisotopic (exact) mass is 470 g/mol. The quantitative estimate of drug-likeness (QED) is 0.671. The lowest BCUT2D eigenvalue weighted by Crippen LogP contribution is -2.54. The number of nitrogens with zero attached hydrogens (tertiary/aromatic N) is 4. The zero-order valence-corrected chi connectivity index (χ0v) is 20.1. The van der Waals surface area contributed by atoms with Crippen molar-refractivity contribution < 1.29 is 18.0 Å². The van der Waals surface area contributed by atoms with E-state index in [-0.39, 0.29) is 23.9 Å². The van der Waals surface area contributed by atoms with Crippen molar-refractivity contribution in [3.63, 3.8) is 0 Å². The van der Waals surface area contributed by atoms with Crippen molar-refractivity contribution >= 4 is 27.6 Å². The largest absolute Gasteiger partial charge is 0.368 e. The Bertz CT molecular complexity index is 1140. The molecule has 0 aliphatic carbocycles. The van der Waals surface area contributed by atoms with Crippen molar-refractivity contribution in [1.29, 1.82) is 0 Å². The summed E-state index contributed by atoms with van der Waals surface area (Å²) >= 11 is 0. The maximum atomic E-state index is 13.4. The minimum absolute atomic E-state index is 0.0460. The molecular weight excluding hydrogens is 440 g/mol. The first kappa shape index (κ1) is 23.1. The minimum atomic E-state index is -4.02. The summed E-state index contributed by atoms with van der Waals surface area (Å²) in [4.78, 5) is 31.8. The van der Waals surface area contributed by atoms with Crippen LogP contribution in [0.3, 0.4) is 0 Å². The minimum Gasteiger partial charge on any atom is -0.368 e.